The molecule has 0 aromatic carbocycles. The lowest BCUT2D eigenvalue weighted by Gasteiger charge is -1.98. The van der Waals surface area contributed by atoms with Gasteiger partial charge in [-0.05, 0) is 25.3 Å². The van der Waals surface area contributed by atoms with Crippen LogP contribution < -0.4 is 5.73 Å². The van der Waals surface area contributed by atoms with Crippen LogP contribution in [0.3, 0.4) is 0 Å². The van der Waals surface area contributed by atoms with E-state index in [9.17, 15) is 0 Å². The minimum absolute atomic E-state index is 0.573. The van der Waals surface area contributed by atoms with Gasteiger partial charge in [-0.2, -0.15) is 0 Å². The van der Waals surface area contributed by atoms with Crippen LogP contribution in [0.5, 0.6) is 0 Å². The third-order valence-electron chi connectivity index (χ3n) is 0.901. The molecule has 1 atom stereocenters. The van der Waals surface area contributed by atoms with E-state index in [1.807, 2.05) is 0 Å². The van der Waals surface area contributed by atoms with Crippen LogP contribution >= 0.6 is 0 Å². The minimum atomic E-state index is 0.573. The fraction of sp³-hybridized carbons (Fsp3) is 0.833. The van der Waals surface area contributed by atoms with E-state index in [-0.39, 0.29) is 0 Å². The van der Waals surface area contributed by atoms with Gasteiger partial charge in [0.1, 0.15) is 0 Å². The van der Waals surface area contributed by atoms with Gasteiger partial charge in [-0.25, -0.2) is 0 Å². The largest absolute Gasteiger partial charge is 0.330 e. The normalized spacial score (nSPS) is 10.3. The molecule has 0 aliphatic carbocycles. The first kappa shape index (κ1) is 6.96. The Kier molecular flexibility index (Phi) is 4.10. The maximum absolute atomic E-state index is 5.25. The Balaban J connectivity index is 2.68. The third-order valence-corrected chi connectivity index (χ3v) is 0.901. The van der Waals surface area contributed by atoms with Gasteiger partial charge in [0.05, 0.1) is 0 Å². The van der Waals surface area contributed by atoms with Crippen molar-refractivity contribution in [2.45, 2.75) is 19.8 Å². The third kappa shape index (κ3) is 5.96. The summed E-state index contributed by atoms with van der Waals surface area (Å²) in [5.41, 5.74) is 5.25. The standard InChI is InChI=1S/C6H14N/c1-6(2)4-3-5-7/h6H,1,3-5,7H2,2H3. The summed E-state index contributed by atoms with van der Waals surface area (Å²) in [6.07, 6.45) is 2.28. The maximum Gasteiger partial charge on any atom is -0.00772 e. The molecule has 0 aromatic rings. The van der Waals surface area contributed by atoms with Gasteiger partial charge in [-0.3, -0.25) is 0 Å². The molecule has 0 spiro atoms. The van der Waals surface area contributed by atoms with Crippen molar-refractivity contribution >= 4 is 0 Å². The van der Waals surface area contributed by atoms with Crippen molar-refractivity contribution in [3.8, 4) is 0 Å². The van der Waals surface area contributed by atoms with Gasteiger partial charge < -0.3 is 5.73 Å². The molecule has 0 rings (SSSR count). The molecule has 0 aliphatic rings. The van der Waals surface area contributed by atoms with E-state index in [2.05, 4.69) is 13.8 Å². The molecule has 0 saturated heterocycles. The van der Waals surface area contributed by atoms with Gasteiger partial charge >= 0.3 is 0 Å². The SMILES string of the molecule is [CH2]C(C)CCCN. The van der Waals surface area contributed by atoms with Crippen molar-refractivity contribution in [3.05, 3.63) is 6.92 Å². The van der Waals surface area contributed by atoms with Crippen LogP contribution in [0.25, 0.3) is 0 Å². The molecular formula is C6H14N. The van der Waals surface area contributed by atoms with Crippen LogP contribution in [0.1, 0.15) is 19.8 Å². The van der Waals surface area contributed by atoms with E-state index in [0.717, 1.165) is 19.4 Å². The Bertz CT molecular complexity index is 33.2. The van der Waals surface area contributed by atoms with E-state index >= 15 is 0 Å². The Morgan fingerprint density at radius 2 is 2.29 bits per heavy atom. The highest BCUT2D eigenvalue weighted by atomic mass is 14.5. The molecule has 43 valence electrons. The molecule has 7 heavy (non-hydrogen) atoms. The van der Waals surface area contributed by atoms with Gasteiger partial charge in [0.2, 0.25) is 0 Å². The molecular weight excluding hydrogens is 86.1 g/mol. The number of hydrogen-bond acceptors (Lipinski definition) is 1. The quantitative estimate of drug-likeness (QED) is 0.566. The molecule has 0 fully saturated rings. The van der Waals surface area contributed by atoms with Crippen molar-refractivity contribution in [1.82, 2.24) is 0 Å². The summed E-state index contributed by atoms with van der Waals surface area (Å²) in [7, 11) is 0. The molecule has 0 saturated carbocycles. The van der Waals surface area contributed by atoms with Crippen molar-refractivity contribution in [2.24, 2.45) is 11.7 Å². The summed E-state index contributed by atoms with van der Waals surface area (Å²) in [6, 6.07) is 0. The first-order chi connectivity index (χ1) is 3.27. The second-order valence-electron chi connectivity index (χ2n) is 2.04. The summed E-state index contributed by atoms with van der Waals surface area (Å²) in [6.45, 7) is 6.73. The lowest BCUT2D eigenvalue weighted by Crippen LogP contribution is -2.00. The number of rotatable bonds is 3. The van der Waals surface area contributed by atoms with E-state index in [0.29, 0.717) is 5.92 Å². The van der Waals surface area contributed by atoms with E-state index < -0.39 is 0 Å². The predicted octanol–water partition coefficient (Wildman–Crippen LogP) is 1.20. The van der Waals surface area contributed by atoms with Crippen LogP contribution in [0.15, 0.2) is 0 Å². The minimum Gasteiger partial charge on any atom is -0.330 e. The highest BCUT2D eigenvalue weighted by Gasteiger charge is 1.89. The predicted molar refractivity (Wildman–Crippen MR) is 32.8 cm³/mol. The Hall–Kier alpha value is -0.0400. The zero-order chi connectivity index (χ0) is 5.70. The monoisotopic (exact) mass is 100 g/mol. The van der Waals surface area contributed by atoms with Crippen molar-refractivity contribution in [2.75, 3.05) is 6.54 Å². The molecule has 0 bridgehead atoms. The molecule has 1 unspecified atom stereocenters. The zero-order valence-corrected chi connectivity index (χ0v) is 4.98. The van der Waals surface area contributed by atoms with Gasteiger partial charge in [-0.15, -0.1) is 0 Å². The lowest BCUT2D eigenvalue weighted by molar-refractivity contribution is 0.610. The van der Waals surface area contributed by atoms with Gasteiger partial charge in [-0.1, -0.05) is 13.8 Å². The summed E-state index contributed by atoms with van der Waals surface area (Å²) in [5, 5.41) is 0. The fourth-order valence-electron chi connectivity index (χ4n) is 0.466. The van der Waals surface area contributed by atoms with Gasteiger partial charge in [0.25, 0.3) is 0 Å². The summed E-state index contributed by atoms with van der Waals surface area (Å²) >= 11 is 0. The van der Waals surface area contributed by atoms with E-state index in [1.54, 1.807) is 0 Å². The smallest absolute Gasteiger partial charge is 0.00772 e. The Morgan fingerprint density at radius 3 is 2.43 bits per heavy atom. The van der Waals surface area contributed by atoms with E-state index in [4.69, 9.17) is 5.73 Å². The van der Waals surface area contributed by atoms with Crippen LogP contribution in [0.4, 0.5) is 0 Å². The number of nitrogens with two attached hydrogens (primary N) is 1. The van der Waals surface area contributed by atoms with Gasteiger partial charge in [0, 0.05) is 0 Å². The Morgan fingerprint density at radius 1 is 1.71 bits per heavy atom. The second-order valence-corrected chi connectivity index (χ2v) is 2.04. The molecule has 0 aliphatic heterocycles. The van der Waals surface area contributed by atoms with Crippen molar-refractivity contribution in [3.63, 3.8) is 0 Å². The summed E-state index contributed by atoms with van der Waals surface area (Å²) in [4.78, 5) is 0. The van der Waals surface area contributed by atoms with E-state index in [1.165, 1.54) is 0 Å². The van der Waals surface area contributed by atoms with Crippen molar-refractivity contribution in [1.29, 1.82) is 0 Å². The van der Waals surface area contributed by atoms with Crippen molar-refractivity contribution < 1.29 is 0 Å². The fourth-order valence-corrected chi connectivity index (χ4v) is 0.466. The second kappa shape index (κ2) is 4.13. The van der Waals surface area contributed by atoms with Crippen LogP contribution in [-0.4, -0.2) is 6.54 Å². The first-order valence-electron chi connectivity index (χ1n) is 2.80. The molecule has 0 amide bonds. The maximum atomic E-state index is 5.25. The number of hydrogen-bond donors (Lipinski definition) is 1. The highest BCUT2D eigenvalue weighted by molar-refractivity contribution is 4.53. The molecule has 0 heterocycles. The first-order valence-corrected chi connectivity index (χ1v) is 2.80. The molecule has 1 heteroatoms. The van der Waals surface area contributed by atoms with Crippen LogP contribution in [-0.2, 0) is 0 Å². The molecule has 0 aromatic heterocycles. The van der Waals surface area contributed by atoms with Gasteiger partial charge in [0.15, 0.2) is 0 Å². The Labute approximate surface area is 45.9 Å². The molecule has 2 N–H and O–H groups in total. The van der Waals surface area contributed by atoms with Crippen LogP contribution in [0.2, 0.25) is 0 Å². The highest BCUT2D eigenvalue weighted by Crippen LogP contribution is 1.99. The summed E-state index contributed by atoms with van der Waals surface area (Å²) < 4.78 is 0. The average molecular weight is 100 g/mol. The van der Waals surface area contributed by atoms with Crippen LogP contribution in [0, 0.1) is 12.8 Å². The lowest BCUT2D eigenvalue weighted by atomic mass is 10.1. The summed E-state index contributed by atoms with van der Waals surface area (Å²) in [5.74, 6) is 0.573. The molecule has 1 nitrogen and oxygen atoms in total. The average Bonchev–Trinajstić information content (AvgIpc) is 1.61. The molecule has 1 radical (unpaired) electrons. The topological polar surface area (TPSA) is 26.0 Å². The zero-order valence-electron chi connectivity index (χ0n) is 4.98.